The van der Waals surface area contributed by atoms with Gasteiger partial charge in [-0.2, -0.15) is 0 Å². The first-order valence-electron chi connectivity index (χ1n) is 8.44. The molecule has 0 aromatic rings. The zero-order chi connectivity index (χ0) is 15.8. The quantitative estimate of drug-likeness (QED) is 0.294. The predicted octanol–water partition coefficient (Wildman–Crippen LogP) is 3.07. The van der Waals surface area contributed by atoms with E-state index in [1.54, 1.807) is 6.08 Å². The number of carbonyl (C=O) groups excluding carboxylic acids is 1. The van der Waals surface area contributed by atoms with Gasteiger partial charge in [0.25, 0.3) is 0 Å². The molecule has 2 N–H and O–H groups in total. The lowest BCUT2D eigenvalue weighted by Gasteiger charge is -2.16. The lowest BCUT2D eigenvalue weighted by Crippen LogP contribution is -2.34. The van der Waals surface area contributed by atoms with Crippen LogP contribution in [0, 0.1) is 0 Å². The zero-order valence-electron chi connectivity index (χ0n) is 13.9. The Morgan fingerprint density at radius 3 is 2.43 bits per heavy atom. The number of nitrogens with one attached hydrogen (secondary N) is 1. The van der Waals surface area contributed by atoms with Crippen molar-refractivity contribution in [2.24, 2.45) is 0 Å². The van der Waals surface area contributed by atoms with E-state index in [0.29, 0.717) is 13.3 Å². The maximum Gasteiger partial charge on any atom is 0.244 e. The number of aliphatic hydroxyl groups excluding tert-OH is 1. The van der Waals surface area contributed by atoms with E-state index in [0.717, 1.165) is 45.1 Å². The molecule has 0 rings (SSSR count). The van der Waals surface area contributed by atoms with Crippen molar-refractivity contribution in [1.29, 1.82) is 0 Å². The standard InChI is InChI=1S/C17H34N2O2/c1-3-4-5-10-13-17(21)18-16-19(2)14-11-8-6-7-9-12-15-20/h10,13,20H,3-9,11-12,14-16H2,1-2H3,(H,18,21)/b13-10+. The van der Waals surface area contributed by atoms with Crippen LogP contribution in [0.5, 0.6) is 0 Å². The van der Waals surface area contributed by atoms with E-state index in [1.807, 2.05) is 13.1 Å². The molecule has 0 aromatic carbocycles. The van der Waals surface area contributed by atoms with Crippen LogP contribution in [-0.2, 0) is 4.79 Å². The van der Waals surface area contributed by atoms with Gasteiger partial charge in [0.1, 0.15) is 0 Å². The van der Waals surface area contributed by atoms with Crippen LogP contribution in [0.3, 0.4) is 0 Å². The van der Waals surface area contributed by atoms with Crippen molar-refractivity contribution in [2.45, 2.75) is 64.7 Å². The minimum atomic E-state index is 0.00181. The molecule has 0 aliphatic heterocycles. The third-order valence-electron chi connectivity index (χ3n) is 3.46. The van der Waals surface area contributed by atoms with Crippen LogP contribution in [-0.4, -0.2) is 42.8 Å². The molecule has 4 heteroatoms. The second-order valence-corrected chi connectivity index (χ2v) is 5.67. The summed E-state index contributed by atoms with van der Waals surface area (Å²) in [5.41, 5.74) is 0. The summed E-state index contributed by atoms with van der Waals surface area (Å²) in [4.78, 5) is 13.7. The van der Waals surface area contributed by atoms with Gasteiger partial charge in [-0.15, -0.1) is 0 Å². The smallest absolute Gasteiger partial charge is 0.244 e. The van der Waals surface area contributed by atoms with Crippen LogP contribution in [0.15, 0.2) is 12.2 Å². The number of hydrogen-bond donors (Lipinski definition) is 2. The van der Waals surface area contributed by atoms with Crippen LogP contribution < -0.4 is 5.32 Å². The van der Waals surface area contributed by atoms with Gasteiger partial charge in [0.15, 0.2) is 0 Å². The molecule has 124 valence electrons. The van der Waals surface area contributed by atoms with Crippen molar-refractivity contribution in [3.05, 3.63) is 12.2 Å². The number of allylic oxidation sites excluding steroid dienone is 1. The van der Waals surface area contributed by atoms with Crippen LogP contribution in [0.2, 0.25) is 0 Å². The van der Waals surface area contributed by atoms with E-state index in [-0.39, 0.29) is 5.91 Å². The third-order valence-corrected chi connectivity index (χ3v) is 3.46. The number of unbranched alkanes of at least 4 members (excludes halogenated alkanes) is 7. The molecule has 0 radical (unpaired) electrons. The van der Waals surface area contributed by atoms with Crippen molar-refractivity contribution in [3.63, 3.8) is 0 Å². The zero-order valence-corrected chi connectivity index (χ0v) is 13.9. The van der Waals surface area contributed by atoms with Gasteiger partial charge in [-0.1, -0.05) is 51.5 Å². The molecule has 4 nitrogen and oxygen atoms in total. The molecule has 0 aliphatic carbocycles. The molecule has 0 saturated heterocycles. The summed E-state index contributed by atoms with van der Waals surface area (Å²) >= 11 is 0. The van der Waals surface area contributed by atoms with Gasteiger partial charge in [0, 0.05) is 6.61 Å². The molecular formula is C17H34N2O2. The summed E-state index contributed by atoms with van der Waals surface area (Å²) in [5, 5.41) is 11.6. The minimum absolute atomic E-state index is 0.00181. The summed E-state index contributed by atoms with van der Waals surface area (Å²) in [6, 6.07) is 0. The van der Waals surface area contributed by atoms with E-state index < -0.39 is 0 Å². The van der Waals surface area contributed by atoms with Crippen molar-refractivity contribution in [2.75, 3.05) is 26.9 Å². The predicted molar refractivity (Wildman–Crippen MR) is 89.1 cm³/mol. The summed E-state index contributed by atoms with van der Waals surface area (Å²) < 4.78 is 0. The van der Waals surface area contributed by atoms with Crippen molar-refractivity contribution in [3.8, 4) is 0 Å². The third kappa shape index (κ3) is 15.3. The number of hydrogen-bond acceptors (Lipinski definition) is 3. The van der Waals surface area contributed by atoms with Crippen molar-refractivity contribution < 1.29 is 9.90 Å². The van der Waals surface area contributed by atoms with Crippen LogP contribution >= 0.6 is 0 Å². The Morgan fingerprint density at radius 1 is 1.10 bits per heavy atom. The summed E-state index contributed by atoms with van der Waals surface area (Å²) in [6.45, 7) is 4.09. The summed E-state index contributed by atoms with van der Waals surface area (Å²) in [6.07, 6.45) is 13.8. The summed E-state index contributed by atoms with van der Waals surface area (Å²) in [5.74, 6) is 0.00181. The van der Waals surface area contributed by atoms with Crippen LogP contribution in [0.4, 0.5) is 0 Å². The molecule has 0 saturated carbocycles. The molecule has 0 aliphatic rings. The molecule has 0 bridgehead atoms. The van der Waals surface area contributed by atoms with Gasteiger partial charge >= 0.3 is 0 Å². The Labute approximate surface area is 130 Å². The van der Waals surface area contributed by atoms with Gasteiger partial charge in [-0.05, 0) is 38.9 Å². The SMILES string of the molecule is CCCC/C=C/C(=O)NCN(C)CCCCCCCCO. The van der Waals surface area contributed by atoms with E-state index >= 15 is 0 Å². The van der Waals surface area contributed by atoms with Crippen LogP contribution in [0.1, 0.15) is 64.7 Å². The number of carbonyl (C=O) groups is 1. The van der Waals surface area contributed by atoms with E-state index in [2.05, 4.69) is 17.1 Å². The van der Waals surface area contributed by atoms with E-state index in [9.17, 15) is 4.79 Å². The first-order valence-corrected chi connectivity index (χ1v) is 8.44. The van der Waals surface area contributed by atoms with Gasteiger partial charge in [0.2, 0.25) is 5.91 Å². The first-order chi connectivity index (χ1) is 10.2. The Balaban J connectivity index is 3.42. The molecule has 0 aromatic heterocycles. The fraction of sp³-hybridized carbons (Fsp3) is 0.824. The maximum absolute atomic E-state index is 11.5. The summed E-state index contributed by atoms with van der Waals surface area (Å²) in [7, 11) is 2.03. The largest absolute Gasteiger partial charge is 0.396 e. The first kappa shape index (κ1) is 20.1. The van der Waals surface area contributed by atoms with Crippen molar-refractivity contribution >= 4 is 5.91 Å². The molecule has 0 fully saturated rings. The Kier molecular flexibility index (Phi) is 14.9. The lowest BCUT2D eigenvalue weighted by atomic mass is 10.1. The lowest BCUT2D eigenvalue weighted by molar-refractivity contribution is -0.117. The second-order valence-electron chi connectivity index (χ2n) is 5.67. The van der Waals surface area contributed by atoms with Gasteiger partial charge < -0.3 is 10.4 Å². The van der Waals surface area contributed by atoms with Gasteiger partial charge in [0.05, 0.1) is 6.67 Å². The Bertz CT molecular complexity index is 268. The monoisotopic (exact) mass is 298 g/mol. The molecule has 0 unspecified atom stereocenters. The number of rotatable bonds is 14. The van der Waals surface area contributed by atoms with E-state index in [4.69, 9.17) is 5.11 Å². The molecule has 0 atom stereocenters. The highest BCUT2D eigenvalue weighted by atomic mass is 16.2. The topological polar surface area (TPSA) is 52.6 Å². The van der Waals surface area contributed by atoms with Gasteiger partial charge in [-0.3, -0.25) is 9.69 Å². The molecule has 0 spiro atoms. The highest BCUT2D eigenvalue weighted by Crippen LogP contribution is 2.05. The number of aliphatic hydroxyl groups is 1. The average molecular weight is 298 g/mol. The molecule has 1 amide bonds. The van der Waals surface area contributed by atoms with Crippen molar-refractivity contribution in [1.82, 2.24) is 10.2 Å². The maximum atomic E-state index is 11.5. The molecule has 0 heterocycles. The Morgan fingerprint density at radius 2 is 1.76 bits per heavy atom. The molecular weight excluding hydrogens is 264 g/mol. The highest BCUT2D eigenvalue weighted by Gasteiger charge is 2.00. The van der Waals surface area contributed by atoms with E-state index in [1.165, 1.54) is 19.3 Å². The fourth-order valence-corrected chi connectivity index (χ4v) is 2.06. The van der Waals surface area contributed by atoms with Crippen LogP contribution in [0.25, 0.3) is 0 Å². The second kappa shape index (κ2) is 15.5. The Hall–Kier alpha value is -0.870. The number of nitrogens with zero attached hydrogens (tertiary/aromatic N) is 1. The highest BCUT2D eigenvalue weighted by molar-refractivity contribution is 5.87. The minimum Gasteiger partial charge on any atom is -0.396 e. The van der Waals surface area contributed by atoms with Gasteiger partial charge in [-0.25, -0.2) is 0 Å². The fourth-order valence-electron chi connectivity index (χ4n) is 2.06. The normalized spacial score (nSPS) is 11.4. The average Bonchev–Trinajstić information content (AvgIpc) is 2.48. The molecule has 21 heavy (non-hydrogen) atoms. The number of amides is 1.